The fourth-order valence-electron chi connectivity index (χ4n) is 1.93. The summed E-state index contributed by atoms with van der Waals surface area (Å²) >= 11 is 0. The van der Waals surface area contributed by atoms with Crippen molar-refractivity contribution in [1.29, 1.82) is 0 Å². The van der Waals surface area contributed by atoms with E-state index >= 15 is 0 Å². The summed E-state index contributed by atoms with van der Waals surface area (Å²) in [5.41, 5.74) is 1.13. The number of carbonyl (C=O) groups excluding carboxylic acids is 1. The molecule has 1 aromatic rings. The minimum absolute atomic E-state index is 0.00463. The second-order valence-electron chi connectivity index (χ2n) is 4.23. The Kier molecular flexibility index (Phi) is 2.30. The Labute approximate surface area is 93.5 Å². The van der Waals surface area contributed by atoms with Crippen molar-refractivity contribution in [2.75, 3.05) is 0 Å². The Morgan fingerprint density at radius 1 is 1.31 bits per heavy atom. The zero-order valence-electron chi connectivity index (χ0n) is 9.44. The lowest BCUT2D eigenvalue weighted by Gasteiger charge is -2.29. The molecule has 1 aromatic carbocycles. The molecular formula is C12H14O4. The van der Waals surface area contributed by atoms with E-state index in [2.05, 4.69) is 0 Å². The summed E-state index contributed by atoms with van der Waals surface area (Å²) in [7, 11) is 0. The van der Waals surface area contributed by atoms with E-state index in [4.69, 9.17) is 4.74 Å². The van der Waals surface area contributed by atoms with Crippen LogP contribution in [0.4, 0.5) is 0 Å². The van der Waals surface area contributed by atoms with Gasteiger partial charge in [-0.15, -0.1) is 0 Å². The van der Waals surface area contributed by atoms with Crippen molar-refractivity contribution in [2.24, 2.45) is 0 Å². The average Bonchev–Trinajstić information content (AvgIpc) is 2.22. The Morgan fingerprint density at radius 3 is 2.56 bits per heavy atom. The molecule has 0 aromatic heterocycles. The Bertz CT molecular complexity index is 465. The lowest BCUT2D eigenvalue weighted by molar-refractivity contribution is 0.0236. The first-order valence-electron chi connectivity index (χ1n) is 5.20. The summed E-state index contributed by atoms with van der Waals surface area (Å²) in [6.45, 7) is 5.24. The highest BCUT2D eigenvalue weighted by Crippen LogP contribution is 2.40. The molecule has 0 bridgehead atoms. The molecule has 2 atom stereocenters. The predicted octanol–water partition coefficient (Wildman–Crippen LogP) is 2.07. The summed E-state index contributed by atoms with van der Waals surface area (Å²) in [5, 5.41) is 19.5. The van der Waals surface area contributed by atoms with Crippen LogP contribution < -0.4 is 0 Å². The molecule has 4 nitrogen and oxygen atoms in total. The van der Waals surface area contributed by atoms with Crippen molar-refractivity contribution in [3.63, 3.8) is 0 Å². The van der Waals surface area contributed by atoms with Crippen LogP contribution in [0.25, 0.3) is 0 Å². The SMILES string of the molecule is Cc1c(O)cc2c(c1O)C(=O)O[C@H](C)[C@H]2C. The second-order valence-corrected chi connectivity index (χ2v) is 4.23. The highest BCUT2D eigenvalue weighted by atomic mass is 16.5. The largest absolute Gasteiger partial charge is 0.508 e. The van der Waals surface area contributed by atoms with Gasteiger partial charge in [0, 0.05) is 11.5 Å². The molecule has 0 saturated heterocycles. The first-order chi connectivity index (χ1) is 7.43. The third kappa shape index (κ3) is 1.33. The summed E-state index contributed by atoms with van der Waals surface area (Å²) in [4.78, 5) is 11.7. The van der Waals surface area contributed by atoms with E-state index in [-0.39, 0.29) is 29.1 Å². The number of esters is 1. The predicted molar refractivity (Wildman–Crippen MR) is 57.8 cm³/mol. The number of benzene rings is 1. The van der Waals surface area contributed by atoms with Gasteiger partial charge in [0.1, 0.15) is 23.2 Å². The van der Waals surface area contributed by atoms with Crippen molar-refractivity contribution in [3.8, 4) is 11.5 Å². The number of fused-ring (bicyclic) bond motifs is 1. The van der Waals surface area contributed by atoms with Crippen LogP contribution in [0.2, 0.25) is 0 Å². The maximum Gasteiger partial charge on any atom is 0.342 e. The Balaban J connectivity index is 2.72. The molecule has 0 spiro atoms. The van der Waals surface area contributed by atoms with E-state index in [1.807, 2.05) is 6.92 Å². The van der Waals surface area contributed by atoms with Crippen molar-refractivity contribution in [3.05, 3.63) is 22.8 Å². The summed E-state index contributed by atoms with van der Waals surface area (Å²) in [6, 6.07) is 1.53. The Morgan fingerprint density at radius 2 is 1.94 bits per heavy atom. The smallest absolute Gasteiger partial charge is 0.342 e. The van der Waals surface area contributed by atoms with Crippen LogP contribution in [0, 0.1) is 6.92 Å². The molecule has 4 heteroatoms. The van der Waals surface area contributed by atoms with E-state index < -0.39 is 5.97 Å². The van der Waals surface area contributed by atoms with E-state index in [0.717, 1.165) is 0 Å². The molecule has 1 heterocycles. The molecule has 2 N–H and O–H groups in total. The van der Waals surface area contributed by atoms with Gasteiger partial charge < -0.3 is 14.9 Å². The van der Waals surface area contributed by atoms with Gasteiger partial charge in [-0.2, -0.15) is 0 Å². The zero-order chi connectivity index (χ0) is 12.0. The van der Waals surface area contributed by atoms with Crippen LogP contribution in [0.3, 0.4) is 0 Å². The fourth-order valence-corrected chi connectivity index (χ4v) is 1.93. The number of hydrogen-bond donors (Lipinski definition) is 2. The van der Waals surface area contributed by atoms with Gasteiger partial charge in [0.2, 0.25) is 0 Å². The molecule has 16 heavy (non-hydrogen) atoms. The van der Waals surface area contributed by atoms with Crippen molar-refractivity contribution >= 4 is 5.97 Å². The van der Waals surface area contributed by atoms with Gasteiger partial charge >= 0.3 is 5.97 Å². The number of cyclic esters (lactones) is 1. The Hall–Kier alpha value is -1.71. The number of hydrogen-bond acceptors (Lipinski definition) is 4. The quantitative estimate of drug-likeness (QED) is 0.659. The lowest BCUT2D eigenvalue weighted by atomic mass is 9.87. The van der Waals surface area contributed by atoms with Gasteiger partial charge in [0.15, 0.2) is 0 Å². The number of phenolic OH excluding ortho intramolecular Hbond substituents is 2. The number of ether oxygens (including phenoxy) is 1. The highest BCUT2D eigenvalue weighted by Gasteiger charge is 2.33. The van der Waals surface area contributed by atoms with Gasteiger partial charge in [-0.05, 0) is 25.5 Å². The molecule has 2 rings (SSSR count). The lowest BCUT2D eigenvalue weighted by Crippen LogP contribution is -2.28. The highest BCUT2D eigenvalue weighted by molar-refractivity contribution is 5.96. The first kappa shape index (κ1) is 10.8. The van der Waals surface area contributed by atoms with Gasteiger partial charge in [-0.3, -0.25) is 0 Å². The van der Waals surface area contributed by atoms with Crippen LogP contribution in [-0.2, 0) is 4.74 Å². The van der Waals surface area contributed by atoms with Crippen LogP contribution in [0.15, 0.2) is 6.07 Å². The van der Waals surface area contributed by atoms with Gasteiger partial charge in [-0.25, -0.2) is 4.79 Å². The first-order valence-corrected chi connectivity index (χ1v) is 5.20. The third-order valence-corrected chi connectivity index (χ3v) is 3.25. The van der Waals surface area contributed by atoms with Gasteiger partial charge in [0.05, 0.1) is 0 Å². The zero-order valence-corrected chi connectivity index (χ0v) is 9.44. The fraction of sp³-hybridized carbons (Fsp3) is 0.417. The van der Waals surface area contributed by atoms with Crippen LogP contribution >= 0.6 is 0 Å². The molecule has 0 aliphatic carbocycles. The number of carbonyl (C=O) groups is 1. The molecular weight excluding hydrogens is 208 g/mol. The summed E-state index contributed by atoms with van der Waals surface area (Å²) < 4.78 is 5.12. The van der Waals surface area contributed by atoms with Gasteiger partial charge in [-0.1, -0.05) is 6.92 Å². The molecule has 1 aliphatic heterocycles. The maximum atomic E-state index is 11.7. The number of phenols is 2. The van der Waals surface area contributed by atoms with Crippen molar-refractivity contribution < 1.29 is 19.7 Å². The van der Waals surface area contributed by atoms with Crippen molar-refractivity contribution in [2.45, 2.75) is 32.8 Å². The summed E-state index contributed by atoms with van der Waals surface area (Å²) in [6.07, 6.45) is -0.249. The van der Waals surface area contributed by atoms with E-state index in [0.29, 0.717) is 11.1 Å². The molecule has 0 amide bonds. The van der Waals surface area contributed by atoms with Crippen molar-refractivity contribution in [1.82, 2.24) is 0 Å². The van der Waals surface area contributed by atoms with Crippen LogP contribution in [0.1, 0.15) is 41.3 Å². The van der Waals surface area contributed by atoms with Gasteiger partial charge in [0.25, 0.3) is 0 Å². The standard InChI is InChI=1S/C12H14O4/c1-5-7(3)16-12(15)10-8(5)4-9(13)6(2)11(10)14/h4-5,7,13-14H,1-3H3/t5-,7-/m1/s1. The molecule has 1 aliphatic rings. The average molecular weight is 222 g/mol. The van der Waals surface area contributed by atoms with E-state index in [1.165, 1.54) is 6.07 Å². The summed E-state index contributed by atoms with van der Waals surface area (Å²) in [5.74, 6) is -0.741. The molecule has 0 radical (unpaired) electrons. The van der Waals surface area contributed by atoms with E-state index in [9.17, 15) is 15.0 Å². The minimum atomic E-state index is -0.527. The molecule has 0 saturated carbocycles. The molecule has 0 fully saturated rings. The minimum Gasteiger partial charge on any atom is -0.508 e. The maximum absolute atomic E-state index is 11.7. The normalized spacial score (nSPS) is 23.8. The topological polar surface area (TPSA) is 66.8 Å². The van der Waals surface area contributed by atoms with Crippen LogP contribution in [-0.4, -0.2) is 22.3 Å². The molecule has 0 unspecified atom stereocenters. The second kappa shape index (κ2) is 3.40. The number of aromatic hydroxyl groups is 2. The monoisotopic (exact) mass is 222 g/mol. The number of rotatable bonds is 0. The molecule has 86 valence electrons. The van der Waals surface area contributed by atoms with E-state index in [1.54, 1.807) is 13.8 Å². The third-order valence-electron chi connectivity index (χ3n) is 3.25. The van der Waals surface area contributed by atoms with Crippen LogP contribution in [0.5, 0.6) is 11.5 Å².